The maximum atomic E-state index is 13.0. The lowest BCUT2D eigenvalue weighted by atomic mass is 10.1. The van der Waals surface area contributed by atoms with Crippen molar-refractivity contribution in [3.8, 4) is 0 Å². The molecule has 0 unspecified atom stereocenters. The number of likely N-dealkylation sites (tertiary alicyclic amines) is 1. The lowest BCUT2D eigenvalue weighted by molar-refractivity contribution is -0.129. The number of fused-ring (bicyclic) bond motifs is 1. The minimum Gasteiger partial charge on any atom is -0.342 e. The van der Waals surface area contributed by atoms with E-state index >= 15 is 0 Å². The Kier molecular flexibility index (Phi) is 6.69. The summed E-state index contributed by atoms with van der Waals surface area (Å²) in [5.74, 6) is 0.519. The van der Waals surface area contributed by atoms with Gasteiger partial charge in [-0.25, -0.2) is 13.4 Å². The first kappa shape index (κ1) is 21.6. The molecule has 4 rings (SSSR count). The third-order valence-electron chi connectivity index (χ3n) is 5.99. The summed E-state index contributed by atoms with van der Waals surface area (Å²) in [6.45, 7) is 5.63. The van der Waals surface area contributed by atoms with Crippen molar-refractivity contribution in [1.29, 1.82) is 0 Å². The SMILES string of the molecule is CCn1c(SCC(=O)N2CCCCC2)nc2cc(S(=O)(=O)N3CCCCC3)ccc21. The first-order valence-electron chi connectivity index (χ1n) is 10.9. The molecule has 0 bridgehead atoms. The number of sulfonamides is 1. The number of amides is 1. The Morgan fingerprint density at radius 1 is 1.03 bits per heavy atom. The Labute approximate surface area is 182 Å². The van der Waals surface area contributed by atoms with Gasteiger partial charge in [0.1, 0.15) is 0 Å². The zero-order valence-corrected chi connectivity index (χ0v) is 19.2. The third kappa shape index (κ3) is 4.38. The zero-order valence-electron chi connectivity index (χ0n) is 17.5. The van der Waals surface area contributed by atoms with Crippen molar-refractivity contribution in [1.82, 2.24) is 18.8 Å². The zero-order chi connectivity index (χ0) is 21.1. The number of aryl methyl sites for hydroxylation is 1. The minimum atomic E-state index is -3.49. The van der Waals surface area contributed by atoms with Crippen LogP contribution in [-0.2, 0) is 21.4 Å². The average molecular weight is 451 g/mol. The van der Waals surface area contributed by atoms with Gasteiger partial charge in [-0.2, -0.15) is 4.31 Å². The van der Waals surface area contributed by atoms with Gasteiger partial charge < -0.3 is 9.47 Å². The van der Waals surface area contributed by atoms with Gasteiger partial charge in [-0.1, -0.05) is 18.2 Å². The van der Waals surface area contributed by atoms with Gasteiger partial charge in [0.25, 0.3) is 0 Å². The van der Waals surface area contributed by atoms with Crippen LogP contribution in [0, 0.1) is 0 Å². The van der Waals surface area contributed by atoms with E-state index in [2.05, 4.69) is 4.57 Å². The van der Waals surface area contributed by atoms with Gasteiger partial charge in [-0.05, 0) is 57.2 Å². The van der Waals surface area contributed by atoms with E-state index in [1.54, 1.807) is 16.4 Å². The Balaban J connectivity index is 1.55. The van der Waals surface area contributed by atoms with E-state index in [9.17, 15) is 13.2 Å². The lowest BCUT2D eigenvalue weighted by Crippen LogP contribution is -2.36. The van der Waals surface area contributed by atoms with Crippen molar-refractivity contribution >= 4 is 38.7 Å². The molecule has 0 radical (unpaired) electrons. The number of carbonyl (C=O) groups excluding carboxylic acids is 1. The first-order valence-corrected chi connectivity index (χ1v) is 13.3. The number of carbonyl (C=O) groups is 1. The topological polar surface area (TPSA) is 75.5 Å². The molecule has 3 heterocycles. The van der Waals surface area contributed by atoms with Crippen LogP contribution in [0.5, 0.6) is 0 Å². The number of thioether (sulfide) groups is 1. The Morgan fingerprint density at radius 2 is 1.70 bits per heavy atom. The molecule has 2 aromatic rings. The summed E-state index contributed by atoms with van der Waals surface area (Å²) >= 11 is 1.44. The summed E-state index contributed by atoms with van der Waals surface area (Å²) in [7, 11) is -3.49. The minimum absolute atomic E-state index is 0.155. The van der Waals surface area contributed by atoms with E-state index in [1.807, 2.05) is 17.9 Å². The highest BCUT2D eigenvalue weighted by atomic mass is 32.2. The summed E-state index contributed by atoms with van der Waals surface area (Å²) in [4.78, 5) is 19.5. The molecule has 2 aliphatic rings. The molecular weight excluding hydrogens is 420 g/mol. The molecule has 0 saturated carbocycles. The second-order valence-electron chi connectivity index (χ2n) is 7.98. The Bertz CT molecular complexity index is 1010. The van der Waals surface area contributed by atoms with E-state index < -0.39 is 10.0 Å². The van der Waals surface area contributed by atoms with E-state index in [0.717, 1.165) is 62.4 Å². The van der Waals surface area contributed by atoms with Gasteiger partial charge in [0, 0.05) is 32.7 Å². The van der Waals surface area contributed by atoms with Crippen LogP contribution in [0.15, 0.2) is 28.3 Å². The number of hydrogen-bond acceptors (Lipinski definition) is 5. The normalized spacial score (nSPS) is 18.8. The third-order valence-corrected chi connectivity index (χ3v) is 8.84. The number of hydrogen-bond donors (Lipinski definition) is 0. The molecular formula is C21H30N4O3S2. The summed E-state index contributed by atoms with van der Waals surface area (Å²) in [5, 5.41) is 0.769. The summed E-state index contributed by atoms with van der Waals surface area (Å²) in [6, 6.07) is 5.22. The molecule has 2 aliphatic heterocycles. The molecule has 0 atom stereocenters. The van der Waals surface area contributed by atoms with Gasteiger partial charge in [0.05, 0.1) is 21.7 Å². The standard InChI is InChI=1S/C21H30N4O3S2/c1-2-25-19-10-9-17(30(27,28)24-13-7-4-8-14-24)15-18(19)22-21(25)29-16-20(26)23-11-5-3-6-12-23/h9-10,15H,2-8,11-14,16H2,1H3. The van der Waals surface area contributed by atoms with Crippen LogP contribution in [0.25, 0.3) is 11.0 Å². The molecule has 2 saturated heterocycles. The molecule has 164 valence electrons. The first-order chi connectivity index (χ1) is 14.5. The quantitative estimate of drug-likeness (QED) is 0.631. The molecule has 7 nitrogen and oxygen atoms in total. The van der Waals surface area contributed by atoms with E-state index in [-0.39, 0.29) is 5.91 Å². The highest BCUT2D eigenvalue weighted by Gasteiger charge is 2.27. The Morgan fingerprint density at radius 3 is 2.37 bits per heavy atom. The molecule has 1 aromatic heterocycles. The highest BCUT2D eigenvalue weighted by Crippen LogP contribution is 2.28. The maximum Gasteiger partial charge on any atom is 0.243 e. The average Bonchev–Trinajstić information content (AvgIpc) is 3.15. The molecule has 2 fully saturated rings. The van der Waals surface area contributed by atoms with Gasteiger partial charge in [0.2, 0.25) is 15.9 Å². The smallest absolute Gasteiger partial charge is 0.243 e. The largest absolute Gasteiger partial charge is 0.342 e. The van der Waals surface area contributed by atoms with Crippen LogP contribution in [-0.4, -0.2) is 65.0 Å². The van der Waals surface area contributed by atoms with Crippen molar-refractivity contribution in [3.05, 3.63) is 18.2 Å². The van der Waals surface area contributed by atoms with E-state index in [0.29, 0.717) is 29.3 Å². The molecule has 0 aliphatic carbocycles. The van der Waals surface area contributed by atoms with Gasteiger partial charge >= 0.3 is 0 Å². The van der Waals surface area contributed by atoms with Gasteiger partial charge in [-0.15, -0.1) is 0 Å². The lowest BCUT2D eigenvalue weighted by Gasteiger charge is -2.26. The summed E-state index contributed by atoms with van der Waals surface area (Å²) < 4.78 is 29.7. The summed E-state index contributed by atoms with van der Waals surface area (Å²) in [6.07, 6.45) is 6.28. The Hall–Kier alpha value is -1.58. The van der Waals surface area contributed by atoms with Crippen LogP contribution in [0.3, 0.4) is 0 Å². The molecule has 0 N–H and O–H groups in total. The number of nitrogens with zero attached hydrogens (tertiary/aromatic N) is 4. The molecule has 1 aromatic carbocycles. The monoisotopic (exact) mass is 450 g/mol. The van der Waals surface area contributed by atoms with Crippen LogP contribution in [0.4, 0.5) is 0 Å². The second kappa shape index (κ2) is 9.28. The molecule has 0 spiro atoms. The van der Waals surface area contributed by atoms with Gasteiger partial charge in [-0.3, -0.25) is 4.79 Å². The van der Waals surface area contributed by atoms with Crippen LogP contribution >= 0.6 is 11.8 Å². The highest BCUT2D eigenvalue weighted by molar-refractivity contribution is 7.99. The molecule has 9 heteroatoms. The molecule has 1 amide bonds. The fraction of sp³-hybridized carbons (Fsp3) is 0.619. The van der Waals surface area contributed by atoms with E-state index in [4.69, 9.17) is 4.98 Å². The van der Waals surface area contributed by atoms with E-state index in [1.165, 1.54) is 18.2 Å². The second-order valence-corrected chi connectivity index (χ2v) is 10.9. The van der Waals surface area contributed by atoms with Crippen LogP contribution in [0.2, 0.25) is 0 Å². The van der Waals surface area contributed by atoms with Crippen LogP contribution in [0.1, 0.15) is 45.4 Å². The van der Waals surface area contributed by atoms with Crippen molar-refractivity contribution in [3.63, 3.8) is 0 Å². The van der Waals surface area contributed by atoms with Crippen molar-refractivity contribution < 1.29 is 13.2 Å². The number of piperidine rings is 2. The predicted octanol–water partition coefficient (Wildman–Crippen LogP) is 3.34. The number of imidazole rings is 1. The van der Waals surface area contributed by atoms with Crippen molar-refractivity contribution in [2.75, 3.05) is 31.9 Å². The van der Waals surface area contributed by atoms with Crippen molar-refractivity contribution in [2.45, 2.75) is 62.0 Å². The summed E-state index contributed by atoms with van der Waals surface area (Å²) in [5.41, 5.74) is 1.57. The maximum absolute atomic E-state index is 13.0. The fourth-order valence-corrected chi connectivity index (χ4v) is 6.80. The van der Waals surface area contributed by atoms with Crippen molar-refractivity contribution in [2.24, 2.45) is 0 Å². The predicted molar refractivity (Wildman–Crippen MR) is 119 cm³/mol. The number of aromatic nitrogens is 2. The van der Waals surface area contributed by atoms with Gasteiger partial charge in [0.15, 0.2) is 5.16 Å². The number of rotatable bonds is 6. The fourth-order valence-electron chi connectivity index (χ4n) is 4.28. The van der Waals surface area contributed by atoms with Crippen LogP contribution < -0.4 is 0 Å². The number of benzene rings is 1. The molecule has 30 heavy (non-hydrogen) atoms.